The highest BCUT2D eigenvalue weighted by Gasteiger charge is 2.17. The minimum atomic E-state index is -1.04. The van der Waals surface area contributed by atoms with Crippen molar-refractivity contribution in [1.82, 2.24) is 9.78 Å². The summed E-state index contributed by atoms with van der Waals surface area (Å²) in [5.74, 6) is -2.85. The molecule has 3 rings (SSSR count). The number of nitrogens with zero attached hydrogens (tertiary/aromatic N) is 3. The van der Waals surface area contributed by atoms with Crippen LogP contribution in [-0.2, 0) is 25.5 Å². The molecule has 2 aromatic carbocycles. The van der Waals surface area contributed by atoms with Crippen molar-refractivity contribution in [1.29, 1.82) is 0 Å². The van der Waals surface area contributed by atoms with E-state index in [2.05, 4.69) is 15.2 Å². The van der Waals surface area contributed by atoms with Crippen LogP contribution in [0, 0.1) is 29.8 Å². The van der Waals surface area contributed by atoms with Gasteiger partial charge in [0.15, 0.2) is 6.61 Å². The Labute approximate surface area is 205 Å². The number of nitrogens with one attached hydrogen (secondary N) is 1. The van der Waals surface area contributed by atoms with Crippen molar-refractivity contribution in [3.05, 3.63) is 80.9 Å². The van der Waals surface area contributed by atoms with Crippen molar-refractivity contribution in [2.24, 2.45) is 0 Å². The van der Waals surface area contributed by atoms with Gasteiger partial charge in [-0.15, -0.1) is 0 Å². The van der Waals surface area contributed by atoms with Crippen molar-refractivity contribution in [3.8, 4) is 5.69 Å². The quantitative estimate of drug-likeness (QED) is 0.269. The molecule has 0 atom stereocenters. The van der Waals surface area contributed by atoms with E-state index in [1.54, 1.807) is 16.8 Å². The highest BCUT2D eigenvalue weighted by Crippen LogP contribution is 2.22. The number of carbonyl (C=O) groups excluding carboxylic acids is 3. The van der Waals surface area contributed by atoms with Gasteiger partial charge in [-0.05, 0) is 62.2 Å². The Balaban J connectivity index is 1.61. The number of nitro benzene ring substituents is 1. The Hall–Kier alpha value is -4.61. The van der Waals surface area contributed by atoms with Crippen LogP contribution in [0.25, 0.3) is 5.69 Å². The Morgan fingerprint density at radius 1 is 1.14 bits per heavy atom. The number of rotatable bonds is 9. The summed E-state index contributed by atoms with van der Waals surface area (Å²) >= 11 is 0. The number of aryl methyl sites for hydroxylation is 1. The second-order valence-electron chi connectivity index (χ2n) is 7.73. The number of halogens is 1. The average Bonchev–Trinajstić information content (AvgIpc) is 3.14. The van der Waals surface area contributed by atoms with E-state index in [0.29, 0.717) is 12.1 Å². The summed E-state index contributed by atoms with van der Waals surface area (Å²) in [6, 6.07) is 9.24. The molecular weight excluding hydrogens is 475 g/mol. The molecule has 3 aromatic rings. The monoisotopic (exact) mass is 498 g/mol. The SMILES string of the molecule is COC(=O)CCc1c(C)nn(-c2ccc(C(=O)OCC(=O)Nc3ccc(F)c([N+](=O)[O-])c3)cc2)c1C. The lowest BCUT2D eigenvalue weighted by Crippen LogP contribution is -2.21. The lowest BCUT2D eigenvalue weighted by Gasteiger charge is -2.08. The Bertz CT molecular complexity index is 1320. The first-order chi connectivity index (χ1) is 17.1. The zero-order chi connectivity index (χ0) is 26.4. The van der Waals surface area contributed by atoms with Crippen LogP contribution in [-0.4, -0.2) is 46.3 Å². The first-order valence-corrected chi connectivity index (χ1v) is 10.7. The Morgan fingerprint density at radius 2 is 1.83 bits per heavy atom. The minimum Gasteiger partial charge on any atom is -0.469 e. The number of aromatic nitrogens is 2. The fraction of sp³-hybridized carbons (Fsp3) is 0.250. The molecule has 11 nitrogen and oxygen atoms in total. The summed E-state index contributed by atoms with van der Waals surface area (Å²) in [7, 11) is 1.34. The van der Waals surface area contributed by atoms with Gasteiger partial charge in [-0.2, -0.15) is 9.49 Å². The molecule has 0 fully saturated rings. The van der Waals surface area contributed by atoms with E-state index in [9.17, 15) is 28.9 Å². The van der Waals surface area contributed by atoms with Crippen molar-refractivity contribution < 1.29 is 33.2 Å². The fourth-order valence-corrected chi connectivity index (χ4v) is 3.50. The van der Waals surface area contributed by atoms with Gasteiger partial charge in [0.2, 0.25) is 5.82 Å². The second kappa shape index (κ2) is 11.2. The smallest absolute Gasteiger partial charge is 0.338 e. The molecule has 0 saturated carbocycles. The summed E-state index contributed by atoms with van der Waals surface area (Å²) in [6.07, 6.45) is 0.725. The van der Waals surface area contributed by atoms with E-state index < -0.39 is 34.9 Å². The van der Waals surface area contributed by atoms with Crippen LogP contribution in [0.3, 0.4) is 0 Å². The third-order valence-corrected chi connectivity index (χ3v) is 5.36. The van der Waals surface area contributed by atoms with Gasteiger partial charge in [-0.3, -0.25) is 19.7 Å². The number of nitro groups is 1. The van der Waals surface area contributed by atoms with E-state index in [-0.39, 0.29) is 23.6 Å². The van der Waals surface area contributed by atoms with Crippen molar-refractivity contribution in [2.45, 2.75) is 26.7 Å². The summed E-state index contributed by atoms with van der Waals surface area (Å²) in [6.45, 7) is 3.08. The largest absolute Gasteiger partial charge is 0.469 e. The first-order valence-electron chi connectivity index (χ1n) is 10.7. The molecule has 1 aromatic heterocycles. The molecule has 188 valence electrons. The van der Waals surface area contributed by atoms with Gasteiger partial charge < -0.3 is 14.8 Å². The normalized spacial score (nSPS) is 10.6. The van der Waals surface area contributed by atoms with Gasteiger partial charge in [0.05, 0.1) is 29.0 Å². The number of hydrogen-bond acceptors (Lipinski definition) is 8. The van der Waals surface area contributed by atoms with Crippen LogP contribution in [0.15, 0.2) is 42.5 Å². The fourth-order valence-electron chi connectivity index (χ4n) is 3.50. The standard InChI is InChI=1S/C24H23FN4O7/c1-14-19(9-11-23(31)35-3)15(2)28(27-14)18-7-4-16(5-8-18)24(32)36-13-22(30)26-17-6-10-20(25)21(12-17)29(33)34/h4-8,10,12H,9,11,13H2,1-3H3,(H,26,30). The Morgan fingerprint density at radius 3 is 2.47 bits per heavy atom. The number of ether oxygens (including phenoxy) is 2. The molecule has 0 radical (unpaired) electrons. The molecule has 1 N–H and O–H groups in total. The zero-order valence-electron chi connectivity index (χ0n) is 19.7. The number of amides is 1. The molecule has 36 heavy (non-hydrogen) atoms. The number of benzene rings is 2. The molecule has 0 aliphatic rings. The number of methoxy groups -OCH3 is 1. The maximum absolute atomic E-state index is 13.4. The van der Waals surface area contributed by atoms with Crippen LogP contribution in [0.2, 0.25) is 0 Å². The lowest BCUT2D eigenvalue weighted by molar-refractivity contribution is -0.387. The van der Waals surface area contributed by atoms with E-state index in [1.165, 1.54) is 19.2 Å². The van der Waals surface area contributed by atoms with E-state index in [4.69, 9.17) is 4.74 Å². The van der Waals surface area contributed by atoms with Gasteiger partial charge in [-0.25, -0.2) is 9.48 Å². The van der Waals surface area contributed by atoms with Crippen LogP contribution in [0.5, 0.6) is 0 Å². The predicted molar refractivity (Wildman–Crippen MR) is 125 cm³/mol. The number of anilines is 1. The van der Waals surface area contributed by atoms with E-state index in [0.717, 1.165) is 35.2 Å². The maximum atomic E-state index is 13.4. The first kappa shape index (κ1) is 26.0. The highest BCUT2D eigenvalue weighted by molar-refractivity contribution is 5.95. The maximum Gasteiger partial charge on any atom is 0.338 e. The van der Waals surface area contributed by atoms with Crippen LogP contribution < -0.4 is 5.32 Å². The van der Waals surface area contributed by atoms with Crippen molar-refractivity contribution in [2.75, 3.05) is 19.0 Å². The zero-order valence-corrected chi connectivity index (χ0v) is 19.7. The molecule has 1 amide bonds. The lowest BCUT2D eigenvalue weighted by atomic mass is 10.1. The molecule has 0 aliphatic heterocycles. The van der Waals surface area contributed by atoms with Crippen molar-refractivity contribution >= 4 is 29.2 Å². The van der Waals surface area contributed by atoms with Gasteiger partial charge in [-0.1, -0.05) is 0 Å². The summed E-state index contributed by atoms with van der Waals surface area (Å²) in [4.78, 5) is 45.7. The average molecular weight is 498 g/mol. The van der Waals surface area contributed by atoms with Gasteiger partial charge in [0, 0.05) is 23.9 Å². The molecule has 0 spiro atoms. The van der Waals surface area contributed by atoms with E-state index >= 15 is 0 Å². The second-order valence-corrected chi connectivity index (χ2v) is 7.73. The highest BCUT2D eigenvalue weighted by atomic mass is 19.1. The van der Waals surface area contributed by atoms with Crippen LogP contribution in [0.4, 0.5) is 15.8 Å². The van der Waals surface area contributed by atoms with Crippen LogP contribution in [0.1, 0.15) is 33.7 Å². The molecule has 0 aliphatic carbocycles. The van der Waals surface area contributed by atoms with Gasteiger partial charge >= 0.3 is 17.6 Å². The molecule has 0 saturated heterocycles. The third kappa shape index (κ3) is 6.09. The summed E-state index contributed by atoms with van der Waals surface area (Å²) in [5.41, 5.74) is 2.64. The number of hydrogen-bond donors (Lipinski definition) is 1. The molecule has 12 heteroatoms. The molecule has 1 heterocycles. The Kier molecular flexibility index (Phi) is 8.10. The van der Waals surface area contributed by atoms with Crippen molar-refractivity contribution in [3.63, 3.8) is 0 Å². The number of carbonyl (C=O) groups is 3. The minimum absolute atomic E-state index is 0.00987. The molecule has 0 bridgehead atoms. The van der Waals surface area contributed by atoms with E-state index in [1.807, 2.05) is 13.8 Å². The predicted octanol–water partition coefficient (Wildman–Crippen LogP) is 3.44. The van der Waals surface area contributed by atoms with Gasteiger partial charge in [0.1, 0.15) is 0 Å². The van der Waals surface area contributed by atoms with Gasteiger partial charge in [0.25, 0.3) is 5.91 Å². The third-order valence-electron chi connectivity index (χ3n) is 5.36. The molecule has 0 unspecified atom stereocenters. The number of esters is 2. The van der Waals surface area contributed by atoms with Crippen LogP contribution >= 0.6 is 0 Å². The summed E-state index contributed by atoms with van der Waals surface area (Å²) < 4.78 is 24.8. The topological polar surface area (TPSA) is 143 Å². The summed E-state index contributed by atoms with van der Waals surface area (Å²) in [5, 5.41) is 17.6. The molecular formula is C24H23FN4O7.